The predicted octanol–water partition coefficient (Wildman–Crippen LogP) is 6.25. The normalized spacial score (nSPS) is 19.4. The number of alkyl halides is 1. The number of benzene rings is 2. The van der Waals surface area contributed by atoms with E-state index in [4.69, 9.17) is 16.6 Å². The number of nitrogens with zero attached hydrogens (tertiary/aromatic N) is 4. The lowest BCUT2D eigenvalue weighted by Gasteiger charge is -2.35. The van der Waals surface area contributed by atoms with E-state index in [1.165, 1.54) is 12.1 Å². The maximum atomic E-state index is 14.9. The Morgan fingerprint density at radius 3 is 2.56 bits per heavy atom. The lowest BCUT2D eigenvalue weighted by molar-refractivity contribution is 0.139. The van der Waals surface area contributed by atoms with Crippen molar-refractivity contribution >= 4 is 44.3 Å². The molecule has 0 bridgehead atoms. The summed E-state index contributed by atoms with van der Waals surface area (Å²) < 4.78 is 43.1. The molecule has 0 aliphatic heterocycles. The molecule has 5 rings (SSSR count). The lowest BCUT2D eigenvalue weighted by atomic mass is 9.89. The Balaban J connectivity index is 1.38. The van der Waals surface area contributed by atoms with Crippen molar-refractivity contribution in [2.45, 2.75) is 62.7 Å². The van der Waals surface area contributed by atoms with Gasteiger partial charge in [0.25, 0.3) is 10.0 Å². The summed E-state index contributed by atoms with van der Waals surface area (Å²) in [6, 6.07) is 13.7. The third kappa shape index (κ3) is 6.29. The Morgan fingerprint density at radius 1 is 1.10 bits per heavy atom. The van der Waals surface area contributed by atoms with E-state index < -0.39 is 16.2 Å². The molecule has 1 aliphatic carbocycles. The average Bonchev–Trinajstić information content (AvgIpc) is 2.93. The van der Waals surface area contributed by atoms with Crippen LogP contribution in [0.2, 0.25) is 5.02 Å². The van der Waals surface area contributed by atoms with Gasteiger partial charge in [-0.05, 0) is 94.2 Å². The number of rotatable bonds is 8. The largest absolute Gasteiger partial charge is 0.349 e. The molecule has 0 saturated heterocycles. The number of aryl methyl sites for hydroxylation is 2. The summed E-state index contributed by atoms with van der Waals surface area (Å²) in [4.78, 5) is 15.9. The van der Waals surface area contributed by atoms with Crippen LogP contribution in [0.1, 0.15) is 37.4 Å². The maximum absolute atomic E-state index is 14.9. The second-order valence-electron chi connectivity index (χ2n) is 10.7. The van der Waals surface area contributed by atoms with Crippen LogP contribution in [0.3, 0.4) is 0 Å². The number of hydrogen-bond acceptors (Lipinski definition) is 7. The van der Waals surface area contributed by atoms with Crippen LogP contribution in [0.25, 0.3) is 22.0 Å². The van der Waals surface area contributed by atoms with E-state index in [1.807, 2.05) is 33.2 Å². The van der Waals surface area contributed by atoms with Crippen molar-refractivity contribution in [3.8, 4) is 11.1 Å². The molecule has 2 unspecified atom stereocenters. The summed E-state index contributed by atoms with van der Waals surface area (Å²) in [7, 11) is 0.0923. The summed E-state index contributed by atoms with van der Waals surface area (Å²) in [5.41, 5.74) is 4.30. The number of anilines is 2. The van der Waals surface area contributed by atoms with Gasteiger partial charge in [0.2, 0.25) is 5.95 Å². The van der Waals surface area contributed by atoms with E-state index in [9.17, 15) is 12.8 Å². The number of nitrogens with one attached hydrogen (secondary N) is 2. The molecule has 4 aromatic rings. The zero-order chi connectivity index (χ0) is 29.3. The van der Waals surface area contributed by atoms with E-state index in [0.717, 1.165) is 46.9 Å². The highest BCUT2D eigenvalue weighted by molar-refractivity contribution is 7.92. The molecule has 2 heterocycles. The van der Waals surface area contributed by atoms with Crippen LogP contribution in [0.15, 0.2) is 59.6 Å². The van der Waals surface area contributed by atoms with Crippen LogP contribution in [0, 0.1) is 6.92 Å². The van der Waals surface area contributed by atoms with Gasteiger partial charge in [-0.2, -0.15) is 0 Å². The highest BCUT2D eigenvalue weighted by Gasteiger charge is 2.32. The van der Waals surface area contributed by atoms with Crippen molar-refractivity contribution < 1.29 is 12.8 Å². The van der Waals surface area contributed by atoms with E-state index in [2.05, 4.69) is 37.9 Å². The van der Waals surface area contributed by atoms with Crippen LogP contribution >= 0.6 is 11.6 Å². The van der Waals surface area contributed by atoms with Crippen LogP contribution in [-0.2, 0) is 16.4 Å². The van der Waals surface area contributed by atoms with Gasteiger partial charge in [0, 0.05) is 28.9 Å². The molecule has 1 fully saturated rings. The number of aromatic nitrogens is 3. The van der Waals surface area contributed by atoms with Crippen molar-refractivity contribution in [3.63, 3.8) is 0 Å². The number of sulfonamides is 1. The number of fused-ring (bicyclic) bond motifs is 1. The van der Waals surface area contributed by atoms with E-state index in [1.54, 1.807) is 24.4 Å². The molecule has 3 atom stereocenters. The lowest BCUT2D eigenvalue weighted by Crippen LogP contribution is -2.43. The van der Waals surface area contributed by atoms with Crippen LogP contribution in [0.4, 0.5) is 16.2 Å². The topological polar surface area (TPSA) is 100 Å². The Labute approximate surface area is 245 Å². The Bertz CT molecular complexity index is 1680. The number of hydrogen-bond donors (Lipinski definition) is 2. The second kappa shape index (κ2) is 11.9. The fourth-order valence-electron chi connectivity index (χ4n) is 5.38. The minimum absolute atomic E-state index is 0.00977. The Hall–Kier alpha value is -3.34. The summed E-state index contributed by atoms with van der Waals surface area (Å²) in [5.74, 6) is 0.636. The molecule has 0 amide bonds. The smallest absolute Gasteiger partial charge is 0.264 e. The van der Waals surface area contributed by atoms with Crippen molar-refractivity contribution in [1.29, 1.82) is 0 Å². The molecule has 2 N–H and O–H groups in total. The van der Waals surface area contributed by atoms with Gasteiger partial charge >= 0.3 is 0 Å². The zero-order valence-electron chi connectivity index (χ0n) is 23.5. The van der Waals surface area contributed by atoms with E-state index >= 15 is 0 Å². The molecular formula is C30H34ClFN6O2S. The second-order valence-corrected chi connectivity index (χ2v) is 12.7. The van der Waals surface area contributed by atoms with Crippen molar-refractivity contribution in [3.05, 3.63) is 71.0 Å². The van der Waals surface area contributed by atoms with Gasteiger partial charge in [0.1, 0.15) is 16.9 Å². The molecule has 1 saturated carbocycles. The van der Waals surface area contributed by atoms with Crippen LogP contribution in [0.5, 0.6) is 0 Å². The first-order valence-electron chi connectivity index (χ1n) is 13.7. The minimum Gasteiger partial charge on any atom is -0.349 e. The molecule has 8 nitrogen and oxygen atoms in total. The van der Waals surface area contributed by atoms with Gasteiger partial charge in [-0.15, -0.1) is 0 Å². The monoisotopic (exact) mass is 596 g/mol. The van der Waals surface area contributed by atoms with Gasteiger partial charge < -0.3 is 10.2 Å². The summed E-state index contributed by atoms with van der Waals surface area (Å²) in [5, 5.41) is 4.24. The first kappa shape index (κ1) is 29.2. The Morgan fingerprint density at radius 2 is 1.88 bits per heavy atom. The molecule has 2 aromatic heterocycles. The average molecular weight is 597 g/mol. The molecule has 216 valence electrons. The highest BCUT2D eigenvalue weighted by Crippen LogP contribution is 2.32. The van der Waals surface area contributed by atoms with Crippen LogP contribution < -0.4 is 10.0 Å². The standard InChI is InChI=1S/C30H34ClFN6O2S/c1-5-19-14-20(23-11-13-28(34-18(23)2)37-41(39,40)27-9-7-6-8-24(27)31)15-21-17-33-30(36-29(19)21)35-26-12-10-22(38(3)4)16-25(26)32/h6-9,11,13-15,17,22,25-26H,5,10,12,16H2,1-4H3,(H,34,37)(H,33,35,36)/t22?,25-,26?/m0/s1. The van der Waals surface area contributed by atoms with Gasteiger partial charge in [-0.3, -0.25) is 4.72 Å². The molecule has 2 aromatic carbocycles. The summed E-state index contributed by atoms with van der Waals surface area (Å²) in [6.45, 7) is 3.89. The quantitative estimate of drug-likeness (QED) is 0.248. The van der Waals surface area contributed by atoms with Gasteiger partial charge in [0.05, 0.1) is 16.6 Å². The first-order chi connectivity index (χ1) is 19.6. The first-order valence-corrected chi connectivity index (χ1v) is 15.5. The maximum Gasteiger partial charge on any atom is 0.264 e. The molecular weight excluding hydrogens is 563 g/mol. The fraction of sp³-hybridized carbons (Fsp3) is 0.367. The highest BCUT2D eigenvalue weighted by atomic mass is 35.5. The van der Waals surface area contributed by atoms with Gasteiger partial charge in [-0.25, -0.2) is 27.8 Å². The predicted molar refractivity (Wildman–Crippen MR) is 163 cm³/mol. The van der Waals surface area contributed by atoms with E-state index in [-0.39, 0.29) is 27.8 Å². The van der Waals surface area contributed by atoms with Crippen molar-refractivity contribution in [2.24, 2.45) is 0 Å². The molecule has 0 radical (unpaired) electrons. The zero-order valence-corrected chi connectivity index (χ0v) is 25.1. The van der Waals surface area contributed by atoms with Gasteiger partial charge in [0.15, 0.2) is 0 Å². The van der Waals surface area contributed by atoms with Gasteiger partial charge in [-0.1, -0.05) is 30.7 Å². The number of pyridine rings is 1. The van der Waals surface area contributed by atoms with Crippen LogP contribution in [-0.4, -0.2) is 60.6 Å². The molecule has 41 heavy (non-hydrogen) atoms. The van der Waals surface area contributed by atoms with E-state index in [0.29, 0.717) is 18.1 Å². The SMILES string of the molecule is CCc1cc(-c2ccc(NS(=O)(=O)c3ccccc3Cl)nc2C)cc2cnc(NC3CCC(N(C)C)C[C@@H]3F)nc12. The molecule has 11 heteroatoms. The summed E-state index contributed by atoms with van der Waals surface area (Å²) in [6.07, 6.45) is 3.69. The molecule has 1 aliphatic rings. The molecule has 0 spiro atoms. The van der Waals surface area contributed by atoms with Crippen molar-refractivity contribution in [1.82, 2.24) is 19.9 Å². The fourth-order valence-corrected chi connectivity index (χ4v) is 6.91. The third-order valence-electron chi connectivity index (χ3n) is 7.69. The third-order valence-corrected chi connectivity index (χ3v) is 9.55. The number of halogens is 2. The Kier molecular flexibility index (Phi) is 8.45. The van der Waals surface area contributed by atoms with Crippen molar-refractivity contribution in [2.75, 3.05) is 24.1 Å². The minimum atomic E-state index is -3.90. The summed E-state index contributed by atoms with van der Waals surface area (Å²) >= 11 is 6.10.